The van der Waals surface area contributed by atoms with E-state index in [4.69, 9.17) is 10.5 Å². The van der Waals surface area contributed by atoms with Crippen LogP contribution in [0.1, 0.15) is 10.4 Å². The van der Waals surface area contributed by atoms with E-state index in [9.17, 15) is 20.0 Å². The van der Waals surface area contributed by atoms with Crippen molar-refractivity contribution in [3.05, 3.63) is 33.9 Å². The van der Waals surface area contributed by atoms with Crippen molar-refractivity contribution in [3.8, 4) is 0 Å². The molecule has 2 rings (SSSR count). The molecule has 108 valence electrons. The molecule has 1 heterocycles. The van der Waals surface area contributed by atoms with Gasteiger partial charge in [0.15, 0.2) is 0 Å². The van der Waals surface area contributed by atoms with Gasteiger partial charge in [0.2, 0.25) is 0 Å². The number of carbonyl (C=O) groups is 1. The van der Waals surface area contributed by atoms with Gasteiger partial charge in [0.05, 0.1) is 36.3 Å². The summed E-state index contributed by atoms with van der Waals surface area (Å²) in [5.74, 6) is -0.437. The number of nitrogens with two attached hydrogens (primary N) is 1. The number of benzene rings is 1. The Balaban J connectivity index is 2.32. The van der Waals surface area contributed by atoms with Crippen LogP contribution >= 0.6 is 0 Å². The van der Waals surface area contributed by atoms with Crippen molar-refractivity contribution in [2.45, 2.75) is 6.04 Å². The zero-order valence-electron chi connectivity index (χ0n) is 10.7. The number of hydrogen-bond acceptors (Lipinski definition) is 6. The molecule has 1 amide bonds. The molecule has 8 nitrogen and oxygen atoms in total. The molecule has 1 aliphatic rings. The standard InChI is InChI=1S/C12H15N3O5/c13-11-2-1-8(15(18)19)5-10(11)12(17)14-3-4-20-7-9(14)6-16/h1-2,5,9,16H,3-4,6-7,13H2. The molecule has 1 aromatic carbocycles. The quantitative estimate of drug-likeness (QED) is 0.457. The van der Waals surface area contributed by atoms with E-state index in [0.29, 0.717) is 13.2 Å². The third kappa shape index (κ3) is 2.70. The number of nitro groups is 1. The molecule has 1 unspecified atom stereocenters. The third-order valence-electron chi connectivity index (χ3n) is 3.18. The summed E-state index contributed by atoms with van der Waals surface area (Å²) in [4.78, 5) is 24.0. The molecule has 1 aromatic rings. The summed E-state index contributed by atoms with van der Waals surface area (Å²) in [6, 6.07) is 3.27. The fourth-order valence-electron chi connectivity index (χ4n) is 2.07. The summed E-state index contributed by atoms with van der Waals surface area (Å²) in [7, 11) is 0. The molecule has 0 bridgehead atoms. The number of anilines is 1. The van der Waals surface area contributed by atoms with Crippen LogP contribution in [0.2, 0.25) is 0 Å². The largest absolute Gasteiger partial charge is 0.398 e. The molecular weight excluding hydrogens is 266 g/mol. The van der Waals surface area contributed by atoms with Crippen molar-refractivity contribution in [1.82, 2.24) is 4.90 Å². The number of aliphatic hydroxyl groups excluding tert-OH is 1. The lowest BCUT2D eigenvalue weighted by Crippen LogP contribution is -2.50. The Bertz CT molecular complexity index is 534. The summed E-state index contributed by atoms with van der Waals surface area (Å²) < 4.78 is 5.19. The summed E-state index contributed by atoms with van der Waals surface area (Å²) in [5, 5.41) is 20.0. The molecule has 1 aliphatic heterocycles. The van der Waals surface area contributed by atoms with Gasteiger partial charge in [-0.15, -0.1) is 0 Å². The Hall–Kier alpha value is -2.19. The van der Waals surface area contributed by atoms with E-state index >= 15 is 0 Å². The molecule has 0 radical (unpaired) electrons. The van der Waals surface area contributed by atoms with Crippen LogP contribution in [0.5, 0.6) is 0 Å². The van der Waals surface area contributed by atoms with E-state index in [1.165, 1.54) is 17.0 Å². The van der Waals surface area contributed by atoms with Gasteiger partial charge >= 0.3 is 0 Å². The van der Waals surface area contributed by atoms with Gasteiger partial charge in [-0.3, -0.25) is 14.9 Å². The van der Waals surface area contributed by atoms with Crippen LogP contribution in [-0.2, 0) is 4.74 Å². The topological polar surface area (TPSA) is 119 Å². The molecule has 0 aromatic heterocycles. The first-order valence-electron chi connectivity index (χ1n) is 6.08. The second-order valence-electron chi connectivity index (χ2n) is 4.44. The second-order valence-corrected chi connectivity index (χ2v) is 4.44. The van der Waals surface area contributed by atoms with Crippen LogP contribution < -0.4 is 5.73 Å². The normalized spacial score (nSPS) is 18.9. The number of nitrogens with zero attached hydrogens (tertiary/aromatic N) is 2. The number of nitrogen functional groups attached to an aromatic ring is 1. The fraction of sp³-hybridized carbons (Fsp3) is 0.417. The number of non-ortho nitro benzene ring substituents is 1. The van der Waals surface area contributed by atoms with Crippen LogP contribution in [0, 0.1) is 10.1 Å². The predicted molar refractivity (Wildman–Crippen MR) is 70.2 cm³/mol. The summed E-state index contributed by atoms with van der Waals surface area (Å²) in [6.07, 6.45) is 0. The number of morpholine rings is 1. The molecule has 1 fully saturated rings. The number of carbonyl (C=O) groups excluding carboxylic acids is 1. The Morgan fingerprint density at radius 1 is 1.60 bits per heavy atom. The van der Waals surface area contributed by atoms with Gasteiger partial charge in [-0.25, -0.2) is 0 Å². The second kappa shape index (κ2) is 5.85. The van der Waals surface area contributed by atoms with Crippen LogP contribution in [0.25, 0.3) is 0 Å². The highest BCUT2D eigenvalue weighted by molar-refractivity contribution is 6.00. The molecular formula is C12H15N3O5. The van der Waals surface area contributed by atoms with Crippen LogP contribution in [0.3, 0.4) is 0 Å². The first-order chi connectivity index (χ1) is 9.54. The van der Waals surface area contributed by atoms with Crippen LogP contribution in [0.4, 0.5) is 11.4 Å². The highest BCUT2D eigenvalue weighted by atomic mass is 16.6. The van der Waals surface area contributed by atoms with E-state index in [-0.39, 0.29) is 30.2 Å². The number of ether oxygens (including phenoxy) is 1. The first-order valence-corrected chi connectivity index (χ1v) is 6.08. The van der Waals surface area contributed by atoms with E-state index in [1.54, 1.807) is 0 Å². The van der Waals surface area contributed by atoms with Gasteiger partial charge in [-0.1, -0.05) is 0 Å². The Morgan fingerprint density at radius 2 is 2.35 bits per heavy atom. The minimum absolute atomic E-state index is 0.0690. The SMILES string of the molecule is Nc1ccc([N+](=O)[O-])cc1C(=O)N1CCOCC1CO. The summed E-state index contributed by atoms with van der Waals surface area (Å²) in [6.45, 7) is 0.668. The molecule has 0 spiro atoms. The lowest BCUT2D eigenvalue weighted by atomic mass is 10.1. The number of hydrogen-bond donors (Lipinski definition) is 2. The average molecular weight is 281 g/mol. The molecule has 1 atom stereocenters. The maximum Gasteiger partial charge on any atom is 0.270 e. The number of amides is 1. The monoisotopic (exact) mass is 281 g/mol. The van der Waals surface area contributed by atoms with Crippen molar-refractivity contribution in [3.63, 3.8) is 0 Å². The molecule has 8 heteroatoms. The van der Waals surface area contributed by atoms with Crippen LogP contribution in [0.15, 0.2) is 18.2 Å². The van der Waals surface area contributed by atoms with Crippen molar-refractivity contribution < 1.29 is 19.6 Å². The van der Waals surface area contributed by atoms with Gasteiger partial charge in [0, 0.05) is 24.4 Å². The van der Waals surface area contributed by atoms with E-state index in [2.05, 4.69) is 0 Å². The Morgan fingerprint density at radius 3 is 3.00 bits per heavy atom. The summed E-state index contributed by atoms with van der Waals surface area (Å²) in [5.41, 5.74) is 5.76. The number of rotatable bonds is 3. The van der Waals surface area contributed by atoms with Crippen molar-refractivity contribution >= 4 is 17.3 Å². The molecule has 20 heavy (non-hydrogen) atoms. The molecule has 0 aliphatic carbocycles. The fourth-order valence-corrected chi connectivity index (χ4v) is 2.07. The van der Waals surface area contributed by atoms with Crippen molar-refractivity contribution in [2.75, 3.05) is 32.1 Å². The highest BCUT2D eigenvalue weighted by Crippen LogP contribution is 2.22. The zero-order valence-corrected chi connectivity index (χ0v) is 10.7. The van der Waals surface area contributed by atoms with E-state index < -0.39 is 16.9 Å². The minimum atomic E-state index is -0.584. The van der Waals surface area contributed by atoms with Crippen LogP contribution in [-0.4, -0.2) is 53.2 Å². The zero-order chi connectivity index (χ0) is 14.7. The highest BCUT2D eigenvalue weighted by Gasteiger charge is 2.29. The number of aliphatic hydroxyl groups is 1. The molecule has 3 N–H and O–H groups in total. The van der Waals surface area contributed by atoms with Crippen molar-refractivity contribution in [2.24, 2.45) is 0 Å². The van der Waals surface area contributed by atoms with Gasteiger partial charge < -0.3 is 20.5 Å². The summed E-state index contributed by atoms with van der Waals surface area (Å²) >= 11 is 0. The lowest BCUT2D eigenvalue weighted by molar-refractivity contribution is -0.384. The maximum atomic E-state index is 12.4. The maximum absolute atomic E-state index is 12.4. The molecule has 0 saturated carbocycles. The Kier molecular flexibility index (Phi) is 4.16. The number of nitro benzene ring substituents is 1. The molecule has 1 saturated heterocycles. The van der Waals surface area contributed by atoms with Crippen molar-refractivity contribution in [1.29, 1.82) is 0 Å². The minimum Gasteiger partial charge on any atom is -0.398 e. The van der Waals surface area contributed by atoms with Gasteiger partial charge in [0.25, 0.3) is 11.6 Å². The predicted octanol–water partition coefficient (Wildman–Crippen LogP) is 0.0103. The van der Waals surface area contributed by atoms with Gasteiger partial charge in [-0.2, -0.15) is 0 Å². The van der Waals surface area contributed by atoms with E-state index in [1.807, 2.05) is 0 Å². The third-order valence-corrected chi connectivity index (χ3v) is 3.18. The average Bonchev–Trinajstić information content (AvgIpc) is 2.46. The lowest BCUT2D eigenvalue weighted by Gasteiger charge is -2.34. The van der Waals surface area contributed by atoms with Gasteiger partial charge in [0.1, 0.15) is 0 Å². The van der Waals surface area contributed by atoms with Gasteiger partial charge in [-0.05, 0) is 6.07 Å². The smallest absolute Gasteiger partial charge is 0.270 e. The van der Waals surface area contributed by atoms with E-state index in [0.717, 1.165) is 6.07 Å². The Labute approximate surface area is 114 Å². The first kappa shape index (κ1) is 14.2.